The van der Waals surface area contributed by atoms with E-state index >= 15 is 0 Å². The van der Waals surface area contributed by atoms with Crippen molar-refractivity contribution in [1.29, 1.82) is 0 Å². The van der Waals surface area contributed by atoms with Crippen LogP contribution in [0.15, 0.2) is 23.1 Å². The third-order valence-corrected chi connectivity index (χ3v) is 6.85. The fraction of sp³-hybridized carbons (Fsp3) is 0.538. The molecule has 9 heteroatoms. The molecule has 6 nitrogen and oxygen atoms in total. The molecule has 0 saturated carbocycles. The average Bonchev–Trinajstić information content (AvgIpc) is 2.67. The van der Waals surface area contributed by atoms with Gasteiger partial charge in [-0.3, -0.25) is 0 Å². The highest BCUT2D eigenvalue weighted by Gasteiger charge is 2.29. The Kier molecular flexibility index (Phi) is 4.90. The molecule has 0 atom stereocenters. The van der Waals surface area contributed by atoms with E-state index < -0.39 is 25.9 Å². The highest BCUT2D eigenvalue weighted by Crippen LogP contribution is 2.20. The lowest BCUT2D eigenvalue weighted by Crippen LogP contribution is -2.37. The van der Waals surface area contributed by atoms with Gasteiger partial charge in [0.1, 0.15) is 5.82 Å². The highest BCUT2D eigenvalue weighted by molar-refractivity contribution is 7.89. The summed E-state index contributed by atoms with van der Waals surface area (Å²) < 4.78 is 64.1. The first-order chi connectivity index (χ1) is 10.1. The average molecular weight is 350 g/mol. The fourth-order valence-electron chi connectivity index (χ4n) is 2.37. The van der Waals surface area contributed by atoms with Gasteiger partial charge in [0.15, 0.2) is 0 Å². The maximum atomic E-state index is 13.3. The smallest absolute Gasteiger partial charge is 0.213 e. The zero-order valence-electron chi connectivity index (χ0n) is 12.5. The van der Waals surface area contributed by atoms with E-state index in [0.717, 1.165) is 12.3 Å². The molecule has 1 aromatic rings. The standard InChI is InChI=1S/C13H19FN2O4S2/c1-11-10-12(4-5-13(11)14)22(19,20)16-7-3-6-15(8-9-16)21(2,17)18/h4-5,10H,3,6-9H2,1-2H3. The molecule has 0 radical (unpaired) electrons. The zero-order chi connectivity index (χ0) is 16.5. The van der Waals surface area contributed by atoms with E-state index in [2.05, 4.69) is 0 Å². The van der Waals surface area contributed by atoms with Crippen LogP contribution in [-0.2, 0) is 20.0 Å². The Morgan fingerprint density at radius 3 is 2.18 bits per heavy atom. The van der Waals surface area contributed by atoms with Crippen LogP contribution >= 0.6 is 0 Å². The second-order valence-corrected chi connectivity index (χ2v) is 9.25. The van der Waals surface area contributed by atoms with Gasteiger partial charge in [0.2, 0.25) is 20.0 Å². The van der Waals surface area contributed by atoms with Gasteiger partial charge in [-0.05, 0) is 37.1 Å². The highest BCUT2D eigenvalue weighted by atomic mass is 32.2. The molecule has 22 heavy (non-hydrogen) atoms. The lowest BCUT2D eigenvalue weighted by molar-refractivity contribution is 0.406. The molecule has 0 bridgehead atoms. The van der Waals surface area contributed by atoms with Crippen molar-refractivity contribution in [2.75, 3.05) is 32.4 Å². The van der Waals surface area contributed by atoms with E-state index in [4.69, 9.17) is 0 Å². The van der Waals surface area contributed by atoms with E-state index in [-0.39, 0.29) is 30.1 Å². The first kappa shape index (κ1) is 17.3. The molecule has 1 fully saturated rings. The Hall–Kier alpha value is -1.03. The molecule has 0 aromatic heterocycles. The van der Waals surface area contributed by atoms with Gasteiger partial charge in [-0.1, -0.05) is 0 Å². The van der Waals surface area contributed by atoms with Crippen LogP contribution in [-0.4, -0.2) is 57.9 Å². The second-order valence-electron chi connectivity index (χ2n) is 5.33. The molecule has 0 spiro atoms. The summed E-state index contributed by atoms with van der Waals surface area (Å²) in [6.07, 6.45) is 1.53. The predicted molar refractivity (Wildman–Crippen MR) is 80.9 cm³/mol. The molecular formula is C13H19FN2O4S2. The van der Waals surface area contributed by atoms with Gasteiger partial charge in [0.05, 0.1) is 11.2 Å². The number of hydrogen-bond acceptors (Lipinski definition) is 4. The normalized spacial score (nSPS) is 19.0. The Morgan fingerprint density at radius 2 is 1.59 bits per heavy atom. The van der Waals surface area contributed by atoms with Crippen LogP contribution in [0.1, 0.15) is 12.0 Å². The molecule has 1 heterocycles. The largest absolute Gasteiger partial charge is 0.243 e. The van der Waals surface area contributed by atoms with Crippen molar-refractivity contribution in [3.63, 3.8) is 0 Å². The molecule has 0 aliphatic carbocycles. The first-order valence-corrected chi connectivity index (χ1v) is 10.1. The van der Waals surface area contributed by atoms with Gasteiger partial charge in [0.25, 0.3) is 0 Å². The number of sulfonamides is 2. The molecule has 1 saturated heterocycles. The summed E-state index contributed by atoms with van der Waals surface area (Å²) in [5, 5.41) is 0. The number of benzene rings is 1. The van der Waals surface area contributed by atoms with Crippen LogP contribution in [0.25, 0.3) is 0 Å². The lowest BCUT2D eigenvalue weighted by Gasteiger charge is -2.21. The van der Waals surface area contributed by atoms with Crippen LogP contribution in [0.2, 0.25) is 0 Å². The van der Waals surface area contributed by atoms with Crippen LogP contribution in [0.5, 0.6) is 0 Å². The quantitative estimate of drug-likeness (QED) is 0.808. The topological polar surface area (TPSA) is 74.8 Å². The van der Waals surface area contributed by atoms with Crippen molar-refractivity contribution >= 4 is 20.0 Å². The third-order valence-electron chi connectivity index (χ3n) is 3.65. The summed E-state index contributed by atoms with van der Waals surface area (Å²) >= 11 is 0. The van der Waals surface area contributed by atoms with Crippen LogP contribution in [0.3, 0.4) is 0 Å². The molecule has 1 aliphatic heterocycles. The Labute approximate surface area is 130 Å². The van der Waals surface area contributed by atoms with Gasteiger partial charge in [-0.15, -0.1) is 0 Å². The van der Waals surface area contributed by atoms with Crippen molar-refractivity contribution in [1.82, 2.24) is 8.61 Å². The second kappa shape index (κ2) is 6.23. The van der Waals surface area contributed by atoms with Gasteiger partial charge in [0, 0.05) is 26.2 Å². The predicted octanol–water partition coefficient (Wildman–Crippen LogP) is 0.790. The van der Waals surface area contributed by atoms with E-state index in [1.165, 1.54) is 27.7 Å². The number of nitrogens with zero attached hydrogens (tertiary/aromatic N) is 2. The van der Waals surface area contributed by atoms with E-state index in [1.54, 1.807) is 0 Å². The maximum absolute atomic E-state index is 13.3. The summed E-state index contributed by atoms with van der Waals surface area (Å²) in [5.41, 5.74) is 0.258. The lowest BCUT2D eigenvalue weighted by atomic mass is 10.2. The van der Waals surface area contributed by atoms with Gasteiger partial charge >= 0.3 is 0 Å². The first-order valence-electron chi connectivity index (χ1n) is 6.84. The van der Waals surface area contributed by atoms with Crippen molar-refractivity contribution in [2.24, 2.45) is 0 Å². The van der Waals surface area contributed by atoms with Crippen molar-refractivity contribution in [2.45, 2.75) is 18.2 Å². The molecule has 2 rings (SSSR count). The zero-order valence-corrected chi connectivity index (χ0v) is 14.1. The summed E-state index contributed by atoms with van der Waals surface area (Å²) in [5.74, 6) is -0.460. The molecule has 0 unspecified atom stereocenters. The Bertz CT molecular complexity index is 762. The minimum Gasteiger partial charge on any atom is -0.213 e. The van der Waals surface area contributed by atoms with E-state index in [0.29, 0.717) is 13.0 Å². The van der Waals surface area contributed by atoms with Gasteiger partial charge < -0.3 is 0 Å². The Balaban J connectivity index is 2.25. The SMILES string of the molecule is Cc1cc(S(=O)(=O)N2CCCN(S(C)(=O)=O)CC2)ccc1F. The Morgan fingerprint density at radius 1 is 1.00 bits per heavy atom. The minimum atomic E-state index is -3.75. The van der Waals surface area contributed by atoms with Crippen molar-refractivity contribution < 1.29 is 21.2 Å². The van der Waals surface area contributed by atoms with Crippen LogP contribution in [0.4, 0.5) is 4.39 Å². The summed E-state index contributed by atoms with van der Waals surface area (Å²) in [6.45, 7) is 2.25. The molecule has 1 aromatic carbocycles. The summed E-state index contributed by atoms with van der Waals surface area (Å²) in [7, 11) is -7.08. The maximum Gasteiger partial charge on any atom is 0.243 e. The van der Waals surface area contributed by atoms with Crippen LogP contribution < -0.4 is 0 Å². The number of aryl methyl sites for hydroxylation is 1. The fourth-order valence-corrected chi connectivity index (χ4v) is 4.80. The molecular weight excluding hydrogens is 331 g/mol. The molecule has 1 aliphatic rings. The van der Waals surface area contributed by atoms with Crippen LogP contribution in [0, 0.1) is 12.7 Å². The monoisotopic (exact) mass is 350 g/mol. The summed E-state index contributed by atoms with van der Waals surface area (Å²) in [4.78, 5) is 0.0270. The number of rotatable bonds is 3. The van der Waals surface area contributed by atoms with E-state index in [1.807, 2.05) is 0 Å². The van der Waals surface area contributed by atoms with Gasteiger partial charge in [-0.25, -0.2) is 25.5 Å². The summed E-state index contributed by atoms with van der Waals surface area (Å²) in [6, 6.07) is 3.66. The molecule has 0 amide bonds. The van der Waals surface area contributed by atoms with Gasteiger partial charge in [-0.2, -0.15) is 4.31 Å². The number of halogens is 1. The molecule has 124 valence electrons. The third kappa shape index (κ3) is 3.65. The minimum absolute atomic E-state index is 0.0270. The van der Waals surface area contributed by atoms with Crippen molar-refractivity contribution in [3.8, 4) is 0 Å². The van der Waals surface area contributed by atoms with E-state index in [9.17, 15) is 21.2 Å². The van der Waals surface area contributed by atoms with Crippen molar-refractivity contribution in [3.05, 3.63) is 29.6 Å². The number of hydrogen-bond donors (Lipinski definition) is 0. The molecule has 0 N–H and O–H groups in total.